The molecule has 3 aliphatic rings. The van der Waals surface area contributed by atoms with Gasteiger partial charge in [0.05, 0.1) is 23.3 Å². The number of nitrogens with two attached hydrogens (primary N) is 3. The number of carbonyl (C=O) groups excluding carboxylic acids is 2. The summed E-state index contributed by atoms with van der Waals surface area (Å²) in [6.07, 6.45) is 5.46. The van der Waals surface area contributed by atoms with Gasteiger partial charge in [-0.15, -0.1) is 0 Å². The summed E-state index contributed by atoms with van der Waals surface area (Å²) in [7, 11) is 1.64. The highest BCUT2D eigenvalue weighted by atomic mass is 16.2. The molecule has 5 rings (SSSR count). The molecule has 3 saturated heterocycles. The molecule has 254 valence electrons. The maximum atomic E-state index is 13.9. The molecule has 48 heavy (non-hydrogen) atoms. The van der Waals surface area contributed by atoms with Crippen LogP contribution in [0.5, 0.6) is 0 Å². The average Bonchev–Trinajstić information content (AvgIpc) is 3.65. The Morgan fingerprint density at radius 2 is 1.75 bits per heavy atom. The number of rotatable bonds is 10. The smallest absolute Gasteiger partial charge is 0.236 e. The fraction of sp³-hybridized carbons (Fsp3) is 0.441. The molecule has 4 heterocycles. The molecule has 3 aliphatic heterocycles. The van der Waals surface area contributed by atoms with E-state index < -0.39 is 5.41 Å². The summed E-state index contributed by atoms with van der Waals surface area (Å²) in [6.45, 7) is 8.61. The number of carbonyl (C=O) groups is 2. The fourth-order valence-corrected chi connectivity index (χ4v) is 6.43. The second kappa shape index (κ2) is 14.8. The van der Waals surface area contributed by atoms with Gasteiger partial charge in [0.1, 0.15) is 23.7 Å². The van der Waals surface area contributed by atoms with Gasteiger partial charge in [-0.1, -0.05) is 0 Å². The van der Waals surface area contributed by atoms with Crippen molar-refractivity contribution in [2.24, 2.45) is 31.9 Å². The molecule has 14 heteroatoms. The van der Waals surface area contributed by atoms with Crippen molar-refractivity contribution in [2.75, 3.05) is 74.9 Å². The molecular formula is C34H46N12O2. The summed E-state index contributed by atoms with van der Waals surface area (Å²) in [5, 5.41) is 7.80. The van der Waals surface area contributed by atoms with Crippen molar-refractivity contribution in [3.05, 3.63) is 53.2 Å². The van der Waals surface area contributed by atoms with E-state index in [4.69, 9.17) is 22.6 Å². The lowest BCUT2D eigenvalue weighted by Crippen LogP contribution is -2.51. The van der Waals surface area contributed by atoms with Crippen LogP contribution >= 0.6 is 0 Å². The lowest BCUT2D eigenvalue weighted by molar-refractivity contribution is -0.133. The molecule has 0 radical (unpaired) electrons. The Labute approximate surface area is 281 Å². The molecule has 3 fully saturated rings. The number of nitrogens with one attached hydrogen (secondary N) is 1. The van der Waals surface area contributed by atoms with E-state index in [9.17, 15) is 9.59 Å². The van der Waals surface area contributed by atoms with Gasteiger partial charge in [0.15, 0.2) is 0 Å². The van der Waals surface area contributed by atoms with Gasteiger partial charge in [-0.25, -0.2) is 9.98 Å². The third-order valence-corrected chi connectivity index (χ3v) is 9.20. The Hall–Kier alpha value is -5.11. The van der Waals surface area contributed by atoms with Crippen molar-refractivity contribution in [1.29, 1.82) is 5.41 Å². The van der Waals surface area contributed by atoms with Gasteiger partial charge in [-0.2, -0.15) is 0 Å². The molecule has 14 nitrogen and oxygen atoms in total. The highest BCUT2D eigenvalue weighted by Crippen LogP contribution is 2.42. The van der Waals surface area contributed by atoms with Crippen LogP contribution in [0.1, 0.15) is 37.9 Å². The number of hydrogen-bond donors (Lipinski definition) is 4. The zero-order valence-electron chi connectivity index (χ0n) is 28.0. The number of aromatic nitrogens is 1. The van der Waals surface area contributed by atoms with Gasteiger partial charge in [-0.05, 0) is 69.6 Å². The Morgan fingerprint density at radius 1 is 1.04 bits per heavy atom. The third-order valence-electron chi connectivity index (χ3n) is 9.20. The number of amides is 2. The van der Waals surface area contributed by atoms with Crippen molar-refractivity contribution in [2.45, 2.75) is 32.7 Å². The molecule has 0 aliphatic carbocycles. The number of anilines is 3. The normalized spacial score (nSPS) is 21.4. The van der Waals surface area contributed by atoms with Crippen LogP contribution in [0.2, 0.25) is 0 Å². The predicted molar refractivity (Wildman–Crippen MR) is 193 cm³/mol. The molecular weight excluding hydrogens is 608 g/mol. The lowest BCUT2D eigenvalue weighted by Gasteiger charge is -2.37. The van der Waals surface area contributed by atoms with Crippen molar-refractivity contribution in [1.82, 2.24) is 14.8 Å². The number of nitrogens with zero attached hydrogens (tertiary/aromatic N) is 8. The molecule has 7 N–H and O–H groups in total. The number of allylic oxidation sites excluding steroid dienone is 1. The monoisotopic (exact) mass is 654 g/mol. The van der Waals surface area contributed by atoms with E-state index in [0.717, 1.165) is 30.6 Å². The summed E-state index contributed by atoms with van der Waals surface area (Å²) in [6, 6.07) is 11.4. The lowest BCUT2D eigenvalue weighted by atomic mass is 9.85. The van der Waals surface area contributed by atoms with Crippen LogP contribution in [-0.2, 0) is 9.59 Å². The zero-order chi connectivity index (χ0) is 34.4. The van der Waals surface area contributed by atoms with E-state index >= 15 is 0 Å². The number of pyridine rings is 1. The Kier molecular flexibility index (Phi) is 10.5. The minimum Gasteiger partial charge on any atom is -0.397 e. The fourth-order valence-electron chi connectivity index (χ4n) is 6.43. The number of likely N-dealkylation sites (tertiary alicyclic amines) is 1. The number of benzene rings is 1. The third kappa shape index (κ3) is 7.38. The predicted octanol–water partition coefficient (Wildman–Crippen LogP) is 1.60. The molecule has 1 atom stereocenters. The topological polar surface area (TPSA) is 199 Å². The number of amidine groups is 1. The Balaban J connectivity index is 1.17. The highest BCUT2D eigenvalue weighted by molar-refractivity contribution is 6.10. The molecule has 0 bridgehead atoms. The minimum absolute atomic E-state index is 0.00280. The van der Waals surface area contributed by atoms with Crippen molar-refractivity contribution >= 4 is 59.3 Å². The quantitative estimate of drug-likeness (QED) is 0.219. The number of aliphatic imine (C=N–C) groups is 3. The maximum absolute atomic E-state index is 13.9. The van der Waals surface area contributed by atoms with E-state index in [1.165, 1.54) is 6.34 Å². The van der Waals surface area contributed by atoms with Crippen molar-refractivity contribution in [3.8, 4) is 0 Å². The van der Waals surface area contributed by atoms with Gasteiger partial charge >= 0.3 is 0 Å². The Morgan fingerprint density at radius 3 is 2.42 bits per heavy atom. The highest BCUT2D eigenvalue weighted by Gasteiger charge is 2.51. The summed E-state index contributed by atoms with van der Waals surface area (Å²) >= 11 is 0. The molecule has 2 amide bonds. The van der Waals surface area contributed by atoms with Gasteiger partial charge < -0.3 is 32.4 Å². The largest absolute Gasteiger partial charge is 0.397 e. The molecule has 2 aromatic rings. The SMILES string of the molecule is CN=CN=C(N)c1ccc(N2CCN(C(=O)CN3CC[C@]4(CCN(c5ccc(N)c(C(N)=C(C=N)C=NC(C)C)n5)C4=O)C3)CC2)cc1. The van der Waals surface area contributed by atoms with E-state index in [0.29, 0.717) is 80.7 Å². The zero-order valence-corrected chi connectivity index (χ0v) is 28.0. The van der Waals surface area contributed by atoms with Crippen LogP contribution in [0, 0.1) is 10.8 Å². The summed E-state index contributed by atoms with van der Waals surface area (Å²) in [5.74, 6) is 0.969. The number of nitrogen functional groups attached to an aromatic ring is 1. The van der Waals surface area contributed by atoms with Crippen molar-refractivity contribution in [3.63, 3.8) is 0 Å². The number of hydrogen-bond acceptors (Lipinski definition) is 10. The van der Waals surface area contributed by atoms with Gasteiger partial charge in [0, 0.05) is 81.6 Å². The first kappa shape index (κ1) is 34.2. The Bertz CT molecular complexity index is 1640. The van der Waals surface area contributed by atoms with E-state index in [1.807, 2.05) is 43.0 Å². The standard InChI is InChI=1S/C34H46N12O2/c1-23(2)40-19-25(18-35)30(37)31-27(36)8-9-28(42-31)46-13-11-34(33(46)48)10-12-43(21-34)20-29(47)45-16-14-44(15-17-45)26-6-4-24(5-7-26)32(38)41-22-39-3/h4-9,18-19,22-23,35H,10-17,20-21,36-37H2,1-3H3,(H2,38,39,41)/t34-/m0/s1. The van der Waals surface area contributed by atoms with Gasteiger partial charge in [0.2, 0.25) is 11.8 Å². The summed E-state index contributed by atoms with van der Waals surface area (Å²) < 4.78 is 0. The van der Waals surface area contributed by atoms with Crippen LogP contribution in [-0.4, -0.2) is 117 Å². The van der Waals surface area contributed by atoms with Crippen LogP contribution in [0.15, 0.2) is 56.9 Å². The molecule has 0 saturated carbocycles. The van der Waals surface area contributed by atoms with Crippen molar-refractivity contribution < 1.29 is 9.59 Å². The van der Waals surface area contributed by atoms with E-state index in [2.05, 4.69) is 29.8 Å². The number of piperazine rings is 1. The van der Waals surface area contributed by atoms with Gasteiger partial charge in [0.25, 0.3) is 0 Å². The first-order chi connectivity index (χ1) is 23.0. The molecule has 1 spiro atoms. The van der Waals surface area contributed by atoms with Crippen LogP contribution < -0.4 is 27.0 Å². The second-order valence-corrected chi connectivity index (χ2v) is 12.7. The van der Waals surface area contributed by atoms with E-state index in [-0.39, 0.29) is 23.6 Å². The minimum atomic E-state index is -0.558. The van der Waals surface area contributed by atoms with Crippen LogP contribution in [0.4, 0.5) is 17.2 Å². The first-order valence-electron chi connectivity index (χ1n) is 16.3. The van der Waals surface area contributed by atoms with E-state index in [1.54, 1.807) is 30.3 Å². The summed E-state index contributed by atoms with van der Waals surface area (Å²) in [5.41, 5.74) is 21.3. The molecule has 0 unspecified atom stereocenters. The second-order valence-electron chi connectivity index (χ2n) is 12.7. The molecule has 1 aromatic heterocycles. The average molecular weight is 655 g/mol. The maximum Gasteiger partial charge on any atom is 0.236 e. The first-order valence-corrected chi connectivity index (χ1v) is 16.3. The summed E-state index contributed by atoms with van der Waals surface area (Å²) in [4.78, 5) is 52.1. The van der Waals surface area contributed by atoms with Gasteiger partial charge in [-0.3, -0.25) is 29.4 Å². The van der Waals surface area contributed by atoms with Crippen LogP contribution in [0.25, 0.3) is 5.70 Å². The molecule has 1 aromatic carbocycles. The van der Waals surface area contributed by atoms with Crippen LogP contribution in [0.3, 0.4) is 0 Å².